The first-order valence-corrected chi connectivity index (χ1v) is 9.31. The summed E-state index contributed by atoms with van der Waals surface area (Å²) in [5.74, 6) is 0.513. The molecule has 5 nitrogen and oxygen atoms in total. The molecule has 2 heterocycles. The van der Waals surface area contributed by atoms with E-state index in [-0.39, 0.29) is 5.56 Å². The fraction of sp³-hybridized carbons (Fsp3) is 0.273. The molecular formula is C22H24N4O. The molecule has 0 saturated heterocycles. The van der Waals surface area contributed by atoms with Gasteiger partial charge in [-0.2, -0.15) is 0 Å². The van der Waals surface area contributed by atoms with Gasteiger partial charge in [-0.1, -0.05) is 36.4 Å². The van der Waals surface area contributed by atoms with Crippen molar-refractivity contribution in [1.82, 2.24) is 14.9 Å². The number of H-pyrrole nitrogens is 1. The third kappa shape index (κ3) is 3.93. The molecule has 0 fully saturated rings. The predicted octanol–water partition coefficient (Wildman–Crippen LogP) is 3.69. The number of rotatable bonds is 4. The smallest absolute Gasteiger partial charge is 0.257 e. The number of aromatic amines is 1. The van der Waals surface area contributed by atoms with E-state index in [0.29, 0.717) is 12.5 Å². The third-order valence-electron chi connectivity index (χ3n) is 5.17. The number of hydrogen-bond donors (Lipinski definition) is 2. The van der Waals surface area contributed by atoms with Gasteiger partial charge in [0.05, 0.1) is 11.3 Å². The number of nitrogens with zero attached hydrogens (tertiary/aromatic N) is 2. The van der Waals surface area contributed by atoms with Gasteiger partial charge >= 0.3 is 0 Å². The lowest BCUT2D eigenvalue weighted by molar-refractivity contribution is 0.242. The Kier molecular flexibility index (Phi) is 4.77. The van der Waals surface area contributed by atoms with E-state index in [1.54, 1.807) is 0 Å². The van der Waals surface area contributed by atoms with Gasteiger partial charge in [-0.25, -0.2) is 4.98 Å². The van der Waals surface area contributed by atoms with Crippen LogP contribution in [0.2, 0.25) is 0 Å². The minimum Gasteiger partial charge on any atom is -0.326 e. The lowest BCUT2D eigenvalue weighted by Gasteiger charge is -2.27. The highest BCUT2D eigenvalue weighted by molar-refractivity contribution is 5.55. The molecule has 2 N–H and O–H groups in total. The van der Waals surface area contributed by atoms with Crippen LogP contribution < -0.4 is 10.9 Å². The number of nitrogens with one attached hydrogen (secondary N) is 2. The normalized spacial score (nSPS) is 14.0. The quantitative estimate of drug-likeness (QED) is 0.745. The number of fused-ring (bicyclic) bond motifs is 1. The van der Waals surface area contributed by atoms with E-state index in [2.05, 4.69) is 58.3 Å². The largest absolute Gasteiger partial charge is 0.326 e. The summed E-state index contributed by atoms with van der Waals surface area (Å²) in [6.07, 6.45) is 0.785. The van der Waals surface area contributed by atoms with Gasteiger partial charge in [0.25, 0.3) is 5.56 Å². The second kappa shape index (κ2) is 7.37. The van der Waals surface area contributed by atoms with Crippen molar-refractivity contribution >= 4 is 11.6 Å². The van der Waals surface area contributed by atoms with Crippen LogP contribution in [0.15, 0.2) is 53.3 Å². The van der Waals surface area contributed by atoms with E-state index in [4.69, 9.17) is 0 Å². The SMILES string of the molecule is Cc1ccc(Nc2nc3c(c(=O)[nH]2)CN(Cc2ccccc2)CC3)cc1C. The van der Waals surface area contributed by atoms with Crippen molar-refractivity contribution in [3.05, 3.63) is 86.8 Å². The number of anilines is 2. The Morgan fingerprint density at radius 3 is 2.70 bits per heavy atom. The predicted molar refractivity (Wildman–Crippen MR) is 108 cm³/mol. The number of aromatic nitrogens is 2. The summed E-state index contributed by atoms with van der Waals surface area (Å²) in [7, 11) is 0. The monoisotopic (exact) mass is 360 g/mol. The lowest BCUT2D eigenvalue weighted by atomic mass is 10.1. The van der Waals surface area contributed by atoms with Crippen LogP contribution in [0.4, 0.5) is 11.6 Å². The van der Waals surface area contributed by atoms with E-state index in [1.807, 2.05) is 24.3 Å². The van der Waals surface area contributed by atoms with Gasteiger partial charge in [-0.15, -0.1) is 0 Å². The number of aryl methyl sites for hydroxylation is 2. The summed E-state index contributed by atoms with van der Waals surface area (Å²) >= 11 is 0. The third-order valence-corrected chi connectivity index (χ3v) is 5.17. The van der Waals surface area contributed by atoms with Gasteiger partial charge in [0.2, 0.25) is 5.95 Å². The lowest BCUT2D eigenvalue weighted by Crippen LogP contribution is -2.35. The molecule has 0 bridgehead atoms. The Morgan fingerprint density at radius 2 is 1.93 bits per heavy atom. The van der Waals surface area contributed by atoms with Crippen LogP contribution in [0.25, 0.3) is 0 Å². The Hall–Kier alpha value is -2.92. The molecule has 1 aliphatic rings. The Bertz CT molecular complexity index is 1010. The van der Waals surface area contributed by atoms with Crippen LogP contribution in [0.5, 0.6) is 0 Å². The van der Waals surface area contributed by atoms with E-state index in [9.17, 15) is 4.79 Å². The second-order valence-corrected chi connectivity index (χ2v) is 7.21. The van der Waals surface area contributed by atoms with E-state index >= 15 is 0 Å². The fourth-order valence-electron chi connectivity index (χ4n) is 3.47. The molecule has 0 radical (unpaired) electrons. The average molecular weight is 360 g/mol. The molecule has 2 aromatic carbocycles. The minimum atomic E-state index is -0.0518. The molecule has 0 spiro atoms. The van der Waals surface area contributed by atoms with Gasteiger partial charge in [0.1, 0.15) is 0 Å². The van der Waals surface area contributed by atoms with Gasteiger partial charge in [0.15, 0.2) is 0 Å². The molecule has 138 valence electrons. The van der Waals surface area contributed by atoms with Crippen molar-refractivity contribution < 1.29 is 0 Å². The second-order valence-electron chi connectivity index (χ2n) is 7.21. The fourth-order valence-corrected chi connectivity index (χ4v) is 3.47. The maximum atomic E-state index is 12.6. The van der Waals surface area contributed by atoms with Gasteiger partial charge in [0, 0.05) is 31.7 Å². The molecule has 1 aliphatic heterocycles. The van der Waals surface area contributed by atoms with Gasteiger partial charge in [-0.3, -0.25) is 14.7 Å². The first-order chi connectivity index (χ1) is 13.1. The summed E-state index contributed by atoms with van der Waals surface area (Å²) in [6.45, 7) is 6.55. The first-order valence-electron chi connectivity index (χ1n) is 9.31. The summed E-state index contributed by atoms with van der Waals surface area (Å²) in [5.41, 5.74) is 6.27. The topological polar surface area (TPSA) is 61.0 Å². The molecule has 3 aromatic rings. The van der Waals surface area contributed by atoms with Crippen LogP contribution in [0.1, 0.15) is 27.9 Å². The van der Waals surface area contributed by atoms with Crippen molar-refractivity contribution in [3.8, 4) is 0 Å². The highest BCUT2D eigenvalue weighted by atomic mass is 16.1. The van der Waals surface area contributed by atoms with Crippen molar-refractivity contribution in [2.24, 2.45) is 0 Å². The Morgan fingerprint density at radius 1 is 1.11 bits per heavy atom. The van der Waals surface area contributed by atoms with Crippen LogP contribution in [0.3, 0.4) is 0 Å². The molecule has 27 heavy (non-hydrogen) atoms. The molecular weight excluding hydrogens is 336 g/mol. The summed E-state index contributed by atoms with van der Waals surface area (Å²) < 4.78 is 0. The van der Waals surface area contributed by atoms with E-state index in [0.717, 1.165) is 36.5 Å². The summed E-state index contributed by atoms with van der Waals surface area (Å²) in [5, 5.41) is 3.23. The Balaban J connectivity index is 1.52. The minimum absolute atomic E-state index is 0.0518. The van der Waals surface area contributed by atoms with Crippen molar-refractivity contribution in [2.45, 2.75) is 33.4 Å². The zero-order chi connectivity index (χ0) is 18.8. The standard InChI is InChI=1S/C22H24N4O/c1-15-8-9-18(12-16(15)2)23-22-24-20-10-11-26(14-19(20)21(27)25-22)13-17-6-4-3-5-7-17/h3-9,12H,10-11,13-14H2,1-2H3,(H2,23,24,25,27). The van der Waals surface area contributed by atoms with Crippen molar-refractivity contribution in [1.29, 1.82) is 0 Å². The van der Waals surface area contributed by atoms with Crippen molar-refractivity contribution in [3.63, 3.8) is 0 Å². The average Bonchev–Trinajstić information content (AvgIpc) is 2.66. The zero-order valence-corrected chi connectivity index (χ0v) is 15.7. The van der Waals surface area contributed by atoms with Crippen LogP contribution in [-0.4, -0.2) is 21.4 Å². The number of benzene rings is 2. The van der Waals surface area contributed by atoms with E-state index in [1.165, 1.54) is 16.7 Å². The van der Waals surface area contributed by atoms with Crippen LogP contribution in [-0.2, 0) is 19.5 Å². The molecule has 0 atom stereocenters. The maximum Gasteiger partial charge on any atom is 0.257 e. The van der Waals surface area contributed by atoms with Gasteiger partial charge in [-0.05, 0) is 42.7 Å². The first kappa shape index (κ1) is 17.5. The Labute approximate surface area is 159 Å². The van der Waals surface area contributed by atoms with Crippen LogP contribution in [0, 0.1) is 13.8 Å². The molecule has 1 aromatic heterocycles. The molecule has 0 saturated carbocycles. The molecule has 0 unspecified atom stereocenters. The zero-order valence-electron chi connectivity index (χ0n) is 15.7. The van der Waals surface area contributed by atoms with E-state index < -0.39 is 0 Å². The molecule has 4 rings (SSSR count). The molecule has 0 amide bonds. The van der Waals surface area contributed by atoms with Crippen LogP contribution >= 0.6 is 0 Å². The maximum absolute atomic E-state index is 12.6. The van der Waals surface area contributed by atoms with Crippen molar-refractivity contribution in [2.75, 3.05) is 11.9 Å². The summed E-state index contributed by atoms with van der Waals surface area (Å²) in [6, 6.07) is 16.5. The highest BCUT2D eigenvalue weighted by Gasteiger charge is 2.21. The highest BCUT2D eigenvalue weighted by Crippen LogP contribution is 2.20. The molecule has 0 aliphatic carbocycles. The molecule has 5 heteroatoms. The summed E-state index contributed by atoms with van der Waals surface area (Å²) in [4.78, 5) is 22.5. The number of hydrogen-bond acceptors (Lipinski definition) is 4. The van der Waals surface area contributed by atoms with Gasteiger partial charge < -0.3 is 5.32 Å².